The summed E-state index contributed by atoms with van der Waals surface area (Å²) in [4.78, 5) is 7.18. The third kappa shape index (κ3) is 8.63. The summed E-state index contributed by atoms with van der Waals surface area (Å²) in [5, 5.41) is 6.91. The van der Waals surface area contributed by atoms with Crippen LogP contribution in [0.1, 0.15) is 0 Å². The molecule has 396 valence electrons. The molecule has 5 nitrogen and oxygen atoms in total. The monoisotopic (exact) mass is 1090 g/mol. The first kappa shape index (κ1) is 48.9. The third-order valence-corrected chi connectivity index (χ3v) is 17.4. The van der Waals surface area contributed by atoms with E-state index < -0.39 is 0 Å². The lowest BCUT2D eigenvalue weighted by Crippen LogP contribution is -2.16. The molecule has 13 aromatic carbocycles. The Morgan fingerprint density at radius 1 is 0.214 bits per heavy atom. The summed E-state index contributed by atoms with van der Waals surface area (Å²) in [5.74, 6) is 0. The second-order valence-electron chi connectivity index (χ2n) is 21.2. The number of benzene rings is 13. The van der Waals surface area contributed by atoms with Crippen molar-refractivity contribution in [2.24, 2.45) is 0 Å². The van der Waals surface area contributed by atoms with E-state index in [2.05, 4.69) is 300 Å². The largest absolute Gasteiger partial charge is 0.455 e. The van der Waals surface area contributed by atoms with Gasteiger partial charge in [0.1, 0.15) is 22.3 Å². The molecule has 0 amide bonds. The number of rotatable bonds is 12. The maximum absolute atomic E-state index is 6.57. The second-order valence-corrected chi connectivity index (χ2v) is 22.3. The normalized spacial score (nSPS) is 11.6. The van der Waals surface area contributed by atoms with Crippen LogP contribution < -0.4 is 14.7 Å². The molecule has 16 aromatic rings. The van der Waals surface area contributed by atoms with Gasteiger partial charge in [-0.25, -0.2) is 0 Å². The van der Waals surface area contributed by atoms with E-state index in [0.717, 1.165) is 123 Å². The van der Waals surface area contributed by atoms with Crippen LogP contribution in [0, 0.1) is 0 Å². The lowest BCUT2D eigenvalue weighted by Gasteiger charge is -2.33. The van der Waals surface area contributed by atoms with Gasteiger partial charge >= 0.3 is 0 Å². The fraction of sp³-hybridized carbons (Fsp3) is 0. The minimum atomic E-state index is 0.882. The van der Waals surface area contributed by atoms with Crippen LogP contribution in [-0.4, -0.2) is 0 Å². The van der Waals surface area contributed by atoms with E-state index >= 15 is 0 Å². The van der Waals surface area contributed by atoms with Gasteiger partial charge in [0.2, 0.25) is 0 Å². The van der Waals surface area contributed by atoms with E-state index in [0.29, 0.717) is 0 Å². The van der Waals surface area contributed by atoms with Crippen molar-refractivity contribution in [3.63, 3.8) is 0 Å². The van der Waals surface area contributed by atoms with Crippen molar-refractivity contribution in [1.29, 1.82) is 0 Å². The van der Waals surface area contributed by atoms with E-state index in [1.165, 1.54) is 25.7 Å². The number of anilines is 9. The summed E-state index contributed by atoms with van der Waals surface area (Å²) in [6.45, 7) is 0. The highest BCUT2D eigenvalue weighted by Crippen LogP contribution is 2.49. The highest BCUT2D eigenvalue weighted by molar-refractivity contribution is 7.25. The van der Waals surface area contributed by atoms with Crippen molar-refractivity contribution in [3.8, 4) is 33.4 Å². The van der Waals surface area contributed by atoms with Crippen LogP contribution in [0.5, 0.6) is 0 Å². The molecule has 0 aliphatic heterocycles. The van der Waals surface area contributed by atoms with Crippen molar-refractivity contribution >= 4 is 127 Å². The molecule has 16 rings (SSSR count). The zero-order valence-electron chi connectivity index (χ0n) is 45.5. The first-order chi connectivity index (χ1) is 41.6. The van der Waals surface area contributed by atoms with Crippen LogP contribution >= 0.6 is 11.3 Å². The van der Waals surface area contributed by atoms with Gasteiger partial charge in [0.05, 0.1) is 17.1 Å². The van der Waals surface area contributed by atoms with Crippen molar-refractivity contribution in [1.82, 2.24) is 0 Å². The first-order valence-corrected chi connectivity index (χ1v) is 29.2. The van der Waals surface area contributed by atoms with Crippen LogP contribution in [0.15, 0.2) is 318 Å². The molecule has 3 heterocycles. The molecule has 0 aliphatic carbocycles. The Balaban J connectivity index is 0.910. The van der Waals surface area contributed by atoms with E-state index in [-0.39, 0.29) is 0 Å². The molecule has 0 fully saturated rings. The molecule has 6 heteroatoms. The second kappa shape index (κ2) is 20.6. The van der Waals surface area contributed by atoms with Crippen LogP contribution in [0.25, 0.3) is 97.4 Å². The predicted molar refractivity (Wildman–Crippen MR) is 354 cm³/mol. The average Bonchev–Trinajstić information content (AvgIpc) is 4.46. The summed E-state index contributed by atoms with van der Waals surface area (Å²) in [6.07, 6.45) is 0. The van der Waals surface area contributed by atoms with Gasteiger partial charge in [-0.05, 0) is 138 Å². The Labute approximate surface area is 490 Å². The van der Waals surface area contributed by atoms with Crippen LogP contribution in [-0.2, 0) is 0 Å². The fourth-order valence-electron chi connectivity index (χ4n) is 12.3. The van der Waals surface area contributed by atoms with Crippen LogP contribution in [0.3, 0.4) is 0 Å². The Bertz CT molecular complexity index is 4850. The molecule has 0 radical (unpaired) electrons. The summed E-state index contributed by atoms with van der Waals surface area (Å²) < 4.78 is 15.7. The number of furan rings is 2. The molecule has 0 bridgehead atoms. The summed E-state index contributed by atoms with van der Waals surface area (Å²) >= 11 is 1.84. The number of fused-ring (bicyclic) bond motifs is 9. The SMILES string of the molecule is c1ccc(-c2ccc(N(c3cc(N(c4ccccc4)c4ccc(-c5cccc6c5oc5ccccc56)cc4)cc(N(c4ccccc4)c4ccc(-c5cccc6c5oc5ccccc56)cc4)c3)c3ccc4sc5ccccc5c4c3)cc2)cc1. The van der Waals surface area contributed by atoms with Gasteiger partial charge in [0.25, 0.3) is 0 Å². The first-order valence-electron chi connectivity index (χ1n) is 28.4. The quantitative estimate of drug-likeness (QED) is 0.122. The lowest BCUT2D eigenvalue weighted by molar-refractivity contribution is 0.669. The van der Waals surface area contributed by atoms with E-state index in [1.54, 1.807) is 0 Å². The number of nitrogens with zero attached hydrogens (tertiary/aromatic N) is 3. The lowest BCUT2D eigenvalue weighted by atomic mass is 10.0. The van der Waals surface area contributed by atoms with E-state index in [9.17, 15) is 0 Å². The van der Waals surface area contributed by atoms with Crippen molar-refractivity contribution < 1.29 is 8.83 Å². The number of thiophene rings is 1. The standard InChI is InChI=1S/C78H51N3O2S/c1-4-18-52(19-5-1)53-34-40-60(41-35-53)81(61-46-47-76-72(51-61)69-26-12-15-33-75(69)84-76)64-49-62(79(56-20-6-2-7-21-56)58-42-36-54(37-43-58)65-27-16-29-70-67-24-10-13-31-73(67)82-77(65)70)48-63(50-64)80(57-22-8-3-9-23-57)59-44-38-55(39-45-59)66-28-17-30-71-68-25-11-14-32-74(68)83-78(66)71/h1-51H. The molecular formula is C78H51N3O2S. The zero-order valence-corrected chi connectivity index (χ0v) is 46.3. The Morgan fingerprint density at radius 2 is 0.571 bits per heavy atom. The van der Waals surface area contributed by atoms with Crippen molar-refractivity contribution in [2.75, 3.05) is 14.7 Å². The Kier molecular flexibility index (Phi) is 12.0. The van der Waals surface area contributed by atoms with Gasteiger partial charge in [-0.3, -0.25) is 0 Å². The topological polar surface area (TPSA) is 36.0 Å². The van der Waals surface area contributed by atoms with E-state index in [1.807, 2.05) is 35.6 Å². The highest BCUT2D eigenvalue weighted by atomic mass is 32.1. The number of hydrogen-bond donors (Lipinski definition) is 0. The summed E-state index contributed by atoms with van der Waals surface area (Å²) in [6, 6.07) is 111. The predicted octanol–water partition coefficient (Wildman–Crippen LogP) is 23.3. The minimum Gasteiger partial charge on any atom is -0.455 e. The van der Waals surface area contributed by atoms with Gasteiger partial charge in [0.15, 0.2) is 0 Å². The molecule has 0 aliphatic rings. The van der Waals surface area contributed by atoms with Crippen LogP contribution in [0.4, 0.5) is 51.2 Å². The molecule has 0 unspecified atom stereocenters. The van der Waals surface area contributed by atoms with Crippen LogP contribution in [0.2, 0.25) is 0 Å². The Hall–Kier alpha value is -10.9. The van der Waals surface area contributed by atoms with Gasteiger partial charge in [-0.1, -0.05) is 194 Å². The fourth-order valence-corrected chi connectivity index (χ4v) is 13.4. The molecule has 0 N–H and O–H groups in total. The minimum absolute atomic E-state index is 0.882. The molecule has 3 aromatic heterocycles. The van der Waals surface area contributed by atoms with Gasteiger partial charge in [-0.15, -0.1) is 11.3 Å². The molecule has 84 heavy (non-hydrogen) atoms. The average molecular weight is 1090 g/mol. The molecule has 0 spiro atoms. The Morgan fingerprint density at radius 3 is 1.07 bits per heavy atom. The molecule has 0 saturated heterocycles. The van der Waals surface area contributed by atoms with Gasteiger partial charge in [0, 0.05) is 87.0 Å². The molecular weight excluding hydrogens is 1040 g/mol. The maximum atomic E-state index is 6.57. The maximum Gasteiger partial charge on any atom is 0.143 e. The zero-order chi connectivity index (χ0) is 55.5. The molecule has 0 atom stereocenters. The summed E-state index contributed by atoms with van der Waals surface area (Å²) in [7, 11) is 0. The van der Waals surface area contributed by atoms with Crippen molar-refractivity contribution in [3.05, 3.63) is 309 Å². The van der Waals surface area contributed by atoms with Crippen molar-refractivity contribution in [2.45, 2.75) is 0 Å². The smallest absolute Gasteiger partial charge is 0.143 e. The number of hydrogen-bond acceptors (Lipinski definition) is 6. The number of para-hydroxylation sites is 6. The van der Waals surface area contributed by atoms with E-state index in [4.69, 9.17) is 8.83 Å². The third-order valence-electron chi connectivity index (χ3n) is 16.2. The highest BCUT2D eigenvalue weighted by Gasteiger charge is 2.24. The molecule has 0 saturated carbocycles. The summed E-state index contributed by atoms with van der Waals surface area (Å²) in [5.41, 5.74) is 19.2. The van der Waals surface area contributed by atoms with Gasteiger partial charge in [-0.2, -0.15) is 0 Å². The van der Waals surface area contributed by atoms with Gasteiger partial charge < -0.3 is 23.5 Å².